The number of hydrogen-bond donors (Lipinski definition) is 4. The number of nitrogens with zero attached hydrogens (tertiary/aromatic N) is 1. The number of benzene rings is 1. The van der Waals surface area contributed by atoms with Crippen LogP contribution in [0.4, 0.5) is 17.6 Å². The lowest BCUT2D eigenvalue weighted by Gasteiger charge is -2.38. The molecular formula is C20H19F4N5O. The van der Waals surface area contributed by atoms with Crippen molar-refractivity contribution in [3.63, 3.8) is 0 Å². The first-order valence-corrected chi connectivity index (χ1v) is 9.21. The van der Waals surface area contributed by atoms with E-state index in [2.05, 4.69) is 21.4 Å². The van der Waals surface area contributed by atoms with Crippen molar-refractivity contribution >= 4 is 5.91 Å². The molecule has 0 aliphatic carbocycles. The van der Waals surface area contributed by atoms with Crippen LogP contribution < -0.4 is 21.4 Å². The van der Waals surface area contributed by atoms with Crippen LogP contribution >= 0.6 is 0 Å². The number of carbonyl (C=O) groups is 1. The van der Waals surface area contributed by atoms with Crippen LogP contribution in [0.15, 0.2) is 71.6 Å². The number of halogens is 4. The Labute approximate surface area is 170 Å². The van der Waals surface area contributed by atoms with Gasteiger partial charge in [0.15, 0.2) is 0 Å². The summed E-state index contributed by atoms with van der Waals surface area (Å²) in [5, 5.41) is 9.90. The van der Waals surface area contributed by atoms with Crippen molar-refractivity contribution in [2.45, 2.75) is 25.3 Å². The lowest BCUT2D eigenvalue weighted by Crippen LogP contribution is -2.53. The van der Waals surface area contributed by atoms with Gasteiger partial charge in [-0.15, -0.1) is 0 Å². The highest BCUT2D eigenvalue weighted by atomic mass is 19.4. The summed E-state index contributed by atoms with van der Waals surface area (Å²) in [6.07, 6.45) is 0.915. The Bertz CT molecular complexity index is 995. The number of rotatable bonds is 3. The Morgan fingerprint density at radius 1 is 1.23 bits per heavy atom. The molecule has 0 bridgehead atoms. The molecule has 0 saturated carbocycles. The average Bonchev–Trinajstić information content (AvgIpc) is 3.14. The third kappa shape index (κ3) is 3.78. The van der Waals surface area contributed by atoms with Crippen molar-refractivity contribution in [1.29, 1.82) is 0 Å². The highest BCUT2D eigenvalue weighted by Gasteiger charge is 2.39. The summed E-state index contributed by atoms with van der Waals surface area (Å²) in [7, 11) is 0. The van der Waals surface area contributed by atoms with E-state index < -0.39 is 29.9 Å². The maximum absolute atomic E-state index is 13.5. The van der Waals surface area contributed by atoms with E-state index in [0.717, 1.165) is 11.6 Å². The Balaban J connectivity index is 1.57. The van der Waals surface area contributed by atoms with Crippen LogP contribution in [-0.4, -0.2) is 23.6 Å². The van der Waals surface area contributed by atoms with Crippen LogP contribution in [-0.2, 0) is 11.0 Å². The van der Waals surface area contributed by atoms with Crippen LogP contribution in [0.25, 0.3) is 0 Å². The fourth-order valence-corrected chi connectivity index (χ4v) is 3.57. The minimum Gasteiger partial charge on any atom is -0.365 e. The number of nitrogens with one attached hydrogen (secondary N) is 4. The number of fused-ring (bicyclic) bond motifs is 1. The number of allylic oxidation sites excluding steroid dienone is 2. The summed E-state index contributed by atoms with van der Waals surface area (Å²) in [5.74, 6) is -0.530. The maximum atomic E-state index is 13.5. The predicted octanol–water partition coefficient (Wildman–Crippen LogP) is 2.70. The Morgan fingerprint density at radius 2 is 2.00 bits per heavy atom. The molecule has 6 nitrogen and oxygen atoms in total. The maximum Gasteiger partial charge on any atom is 0.416 e. The van der Waals surface area contributed by atoms with Crippen molar-refractivity contribution in [2.24, 2.45) is 0 Å². The molecular weight excluding hydrogens is 402 g/mol. The Kier molecular flexibility index (Phi) is 5.02. The van der Waals surface area contributed by atoms with Gasteiger partial charge in [0, 0.05) is 6.20 Å². The zero-order valence-electron chi connectivity index (χ0n) is 15.8. The van der Waals surface area contributed by atoms with Crippen molar-refractivity contribution in [3.05, 3.63) is 82.7 Å². The molecule has 4 rings (SSSR count). The fraction of sp³-hybridized carbons (Fsp3) is 0.250. The van der Waals surface area contributed by atoms with Gasteiger partial charge in [0.1, 0.15) is 23.5 Å². The quantitative estimate of drug-likeness (QED) is 0.447. The summed E-state index contributed by atoms with van der Waals surface area (Å²) in [4.78, 5) is 12.7. The van der Waals surface area contributed by atoms with Gasteiger partial charge in [0.2, 0.25) is 0 Å². The van der Waals surface area contributed by atoms with Crippen LogP contribution in [0.1, 0.15) is 24.1 Å². The molecule has 10 heteroatoms. The second kappa shape index (κ2) is 7.52. The topological polar surface area (TPSA) is 68.4 Å². The minimum absolute atomic E-state index is 0.0356. The molecule has 1 aromatic rings. The summed E-state index contributed by atoms with van der Waals surface area (Å²) >= 11 is 0. The van der Waals surface area contributed by atoms with E-state index in [-0.39, 0.29) is 23.6 Å². The van der Waals surface area contributed by atoms with Gasteiger partial charge in [0.05, 0.1) is 18.2 Å². The molecule has 0 radical (unpaired) electrons. The fourth-order valence-electron chi connectivity index (χ4n) is 3.57. The normalized spacial score (nSPS) is 23.3. The smallest absolute Gasteiger partial charge is 0.365 e. The summed E-state index contributed by atoms with van der Waals surface area (Å²) in [6, 6.07) is 4.55. The minimum atomic E-state index is -4.50. The second-order valence-corrected chi connectivity index (χ2v) is 7.07. The van der Waals surface area contributed by atoms with Crippen LogP contribution in [0.2, 0.25) is 0 Å². The van der Waals surface area contributed by atoms with E-state index >= 15 is 0 Å². The Hall–Kier alpha value is -3.27. The number of dihydropyridines is 1. The number of hydrogen-bond acceptors (Lipinski definition) is 5. The molecule has 1 amide bonds. The highest BCUT2D eigenvalue weighted by Crippen LogP contribution is 2.37. The summed E-state index contributed by atoms with van der Waals surface area (Å²) < 4.78 is 53.5. The molecule has 0 spiro atoms. The van der Waals surface area contributed by atoms with Gasteiger partial charge in [-0.25, -0.2) is 9.82 Å². The molecule has 0 aromatic heterocycles. The van der Waals surface area contributed by atoms with Crippen LogP contribution in [0.5, 0.6) is 0 Å². The SMILES string of the molecule is CC1=CC(c2ccccc2C(F)(F)F)NN2C(C(=O)NC3=CC=C(F)CN3)=CNC12. The third-order valence-corrected chi connectivity index (χ3v) is 5.00. The summed E-state index contributed by atoms with van der Waals surface area (Å²) in [6.45, 7) is 1.74. The summed E-state index contributed by atoms with van der Waals surface area (Å²) in [5.41, 5.74) is 3.28. The first-order valence-electron chi connectivity index (χ1n) is 9.21. The number of alkyl halides is 3. The Morgan fingerprint density at radius 3 is 2.70 bits per heavy atom. The van der Waals surface area contributed by atoms with Crippen molar-refractivity contribution in [1.82, 2.24) is 26.4 Å². The van der Waals surface area contributed by atoms with Gasteiger partial charge in [-0.3, -0.25) is 9.80 Å². The number of amides is 1. The molecule has 30 heavy (non-hydrogen) atoms. The van der Waals surface area contributed by atoms with E-state index in [1.807, 2.05) is 0 Å². The van der Waals surface area contributed by atoms with Crippen molar-refractivity contribution in [3.8, 4) is 0 Å². The number of hydrazine groups is 1. The van der Waals surface area contributed by atoms with Gasteiger partial charge in [-0.2, -0.15) is 13.2 Å². The van der Waals surface area contributed by atoms with Crippen LogP contribution in [0.3, 0.4) is 0 Å². The molecule has 3 aliphatic heterocycles. The van der Waals surface area contributed by atoms with Crippen LogP contribution in [0, 0.1) is 0 Å². The van der Waals surface area contributed by atoms with E-state index in [1.54, 1.807) is 19.1 Å². The first kappa shape index (κ1) is 20.0. The number of carbonyl (C=O) groups excluding carboxylic acids is 1. The van der Waals surface area contributed by atoms with Gasteiger partial charge in [-0.05, 0) is 36.3 Å². The lowest BCUT2D eigenvalue weighted by molar-refractivity contribution is -0.138. The standard InChI is InChI=1S/C20H19F4N5O/c1-11-8-15(13-4-2-3-5-14(13)20(22,23)24)28-29-16(10-26-18(11)29)19(30)27-17-7-6-12(21)9-25-17/h2-8,10,15,18,25-26,28H,9H2,1H3,(H,27,30). The molecule has 3 aliphatic rings. The molecule has 158 valence electrons. The lowest BCUT2D eigenvalue weighted by atomic mass is 9.96. The van der Waals surface area contributed by atoms with E-state index in [4.69, 9.17) is 0 Å². The van der Waals surface area contributed by atoms with E-state index in [9.17, 15) is 22.4 Å². The molecule has 0 saturated heterocycles. The first-order chi connectivity index (χ1) is 14.2. The third-order valence-electron chi connectivity index (χ3n) is 5.00. The molecule has 4 N–H and O–H groups in total. The predicted molar refractivity (Wildman–Crippen MR) is 101 cm³/mol. The molecule has 1 aromatic carbocycles. The van der Waals surface area contributed by atoms with E-state index in [1.165, 1.54) is 35.5 Å². The van der Waals surface area contributed by atoms with Gasteiger partial charge in [0.25, 0.3) is 5.91 Å². The zero-order valence-corrected chi connectivity index (χ0v) is 15.8. The molecule has 3 heterocycles. The van der Waals surface area contributed by atoms with Crippen molar-refractivity contribution < 1.29 is 22.4 Å². The second-order valence-electron chi connectivity index (χ2n) is 7.07. The van der Waals surface area contributed by atoms with Gasteiger partial charge in [-0.1, -0.05) is 24.3 Å². The van der Waals surface area contributed by atoms with E-state index in [0.29, 0.717) is 5.82 Å². The van der Waals surface area contributed by atoms with Gasteiger partial charge >= 0.3 is 6.18 Å². The average molecular weight is 421 g/mol. The monoisotopic (exact) mass is 421 g/mol. The van der Waals surface area contributed by atoms with Gasteiger partial charge < -0.3 is 16.0 Å². The molecule has 2 atom stereocenters. The zero-order chi connectivity index (χ0) is 21.5. The van der Waals surface area contributed by atoms with Crippen molar-refractivity contribution in [2.75, 3.05) is 6.54 Å². The molecule has 2 unspecified atom stereocenters. The molecule has 0 fully saturated rings. The highest BCUT2D eigenvalue weighted by molar-refractivity contribution is 5.94. The largest absolute Gasteiger partial charge is 0.416 e.